The molecule has 4 heteroatoms. The summed E-state index contributed by atoms with van der Waals surface area (Å²) in [5, 5.41) is 3.39. The van der Waals surface area contributed by atoms with E-state index in [0.717, 1.165) is 10.0 Å². The molecule has 0 aliphatic rings. The van der Waals surface area contributed by atoms with Crippen LogP contribution in [0.25, 0.3) is 0 Å². The van der Waals surface area contributed by atoms with Gasteiger partial charge in [-0.3, -0.25) is 4.98 Å². The van der Waals surface area contributed by atoms with Crippen LogP contribution in [-0.4, -0.2) is 4.98 Å². The second-order valence-electron chi connectivity index (χ2n) is 4.56. The van der Waals surface area contributed by atoms with Gasteiger partial charge in [0.15, 0.2) is 0 Å². The van der Waals surface area contributed by atoms with Crippen LogP contribution in [0, 0.1) is 5.82 Å². The fourth-order valence-corrected chi connectivity index (χ4v) is 2.44. The number of hydrogen-bond acceptors (Lipinski definition) is 2. The highest BCUT2D eigenvalue weighted by molar-refractivity contribution is 9.10. The van der Waals surface area contributed by atoms with E-state index in [-0.39, 0.29) is 17.9 Å². The van der Waals surface area contributed by atoms with Gasteiger partial charge in [0, 0.05) is 34.5 Å². The highest BCUT2D eigenvalue weighted by Gasteiger charge is 2.14. The Bertz CT molecular complexity index is 545. The molecule has 1 aromatic heterocycles. The van der Waals surface area contributed by atoms with Gasteiger partial charge in [-0.05, 0) is 49.7 Å². The highest BCUT2D eigenvalue weighted by atomic mass is 79.9. The van der Waals surface area contributed by atoms with Crippen LogP contribution in [0.1, 0.15) is 37.1 Å². The Morgan fingerprint density at radius 1 is 1.11 bits per heavy atom. The number of nitrogens with one attached hydrogen (secondary N) is 1. The molecule has 0 saturated carbocycles. The van der Waals surface area contributed by atoms with E-state index < -0.39 is 0 Å². The minimum Gasteiger partial charge on any atom is -0.304 e. The van der Waals surface area contributed by atoms with Crippen molar-refractivity contribution in [3.05, 3.63) is 64.1 Å². The van der Waals surface area contributed by atoms with E-state index in [9.17, 15) is 4.39 Å². The summed E-state index contributed by atoms with van der Waals surface area (Å²) in [4.78, 5) is 4.00. The normalized spacial score (nSPS) is 14.1. The van der Waals surface area contributed by atoms with Gasteiger partial charge in [0.2, 0.25) is 0 Å². The van der Waals surface area contributed by atoms with Crippen molar-refractivity contribution >= 4 is 15.9 Å². The second kappa shape index (κ2) is 6.26. The SMILES string of the molecule is C[C@H](N[C@@H](C)c1cc(Br)ccc1F)c1ccncc1. The molecular formula is C15H16BrFN2. The van der Waals surface area contributed by atoms with Gasteiger partial charge in [-0.1, -0.05) is 15.9 Å². The molecule has 19 heavy (non-hydrogen) atoms. The number of benzene rings is 1. The zero-order valence-electron chi connectivity index (χ0n) is 10.9. The molecular weight excluding hydrogens is 307 g/mol. The molecule has 0 fully saturated rings. The Balaban J connectivity index is 2.13. The molecule has 2 nitrogen and oxygen atoms in total. The molecule has 100 valence electrons. The van der Waals surface area contributed by atoms with Crippen molar-refractivity contribution < 1.29 is 4.39 Å². The predicted octanol–water partition coefficient (Wildman–Crippen LogP) is 4.40. The average molecular weight is 323 g/mol. The van der Waals surface area contributed by atoms with E-state index in [2.05, 4.69) is 33.2 Å². The molecule has 0 radical (unpaired) electrons. The number of halogens is 2. The highest BCUT2D eigenvalue weighted by Crippen LogP contribution is 2.24. The van der Waals surface area contributed by atoms with Gasteiger partial charge in [-0.2, -0.15) is 0 Å². The van der Waals surface area contributed by atoms with Crippen LogP contribution < -0.4 is 5.32 Å². The third kappa shape index (κ3) is 3.61. The lowest BCUT2D eigenvalue weighted by molar-refractivity contribution is 0.473. The summed E-state index contributed by atoms with van der Waals surface area (Å²) in [6.07, 6.45) is 3.52. The molecule has 0 aliphatic heterocycles. The zero-order valence-corrected chi connectivity index (χ0v) is 12.5. The first kappa shape index (κ1) is 14.2. The van der Waals surface area contributed by atoms with Crippen LogP contribution in [0.2, 0.25) is 0 Å². The first-order valence-corrected chi connectivity index (χ1v) is 6.98. The first-order chi connectivity index (χ1) is 9.08. The smallest absolute Gasteiger partial charge is 0.128 e. The lowest BCUT2D eigenvalue weighted by Gasteiger charge is -2.21. The van der Waals surface area contributed by atoms with Gasteiger partial charge in [-0.15, -0.1) is 0 Å². The maximum Gasteiger partial charge on any atom is 0.128 e. The van der Waals surface area contributed by atoms with Crippen molar-refractivity contribution in [3.63, 3.8) is 0 Å². The van der Waals surface area contributed by atoms with Gasteiger partial charge in [-0.25, -0.2) is 4.39 Å². The Kier molecular flexibility index (Phi) is 4.66. The Labute approximate surface area is 121 Å². The van der Waals surface area contributed by atoms with Crippen molar-refractivity contribution in [2.75, 3.05) is 0 Å². The number of aromatic nitrogens is 1. The van der Waals surface area contributed by atoms with Crippen molar-refractivity contribution in [2.45, 2.75) is 25.9 Å². The molecule has 0 unspecified atom stereocenters. The number of pyridine rings is 1. The Morgan fingerprint density at radius 3 is 2.47 bits per heavy atom. The molecule has 2 atom stereocenters. The first-order valence-electron chi connectivity index (χ1n) is 6.19. The van der Waals surface area contributed by atoms with Crippen LogP contribution >= 0.6 is 15.9 Å². The number of nitrogens with zero attached hydrogens (tertiary/aromatic N) is 1. The topological polar surface area (TPSA) is 24.9 Å². The maximum atomic E-state index is 13.8. The monoisotopic (exact) mass is 322 g/mol. The van der Waals surface area contributed by atoms with Gasteiger partial charge in [0.05, 0.1) is 0 Å². The Morgan fingerprint density at radius 2 is 1.79 bits per heavy atom. The predicted molar refractivity (Wildman–Crippen MR) is 78.3 cm³/mol. The molecule has 1 aromatic carbocycles. The van der Waals surface area contributed by atoms with Crippen molar-refractivity contribution in [2.24, 2.45) is 0 Å². The molecule has 0 aliphatic carbocycles. The molecule has 0 saturated heterocycles. The third-order valence-electron chi connectivity index (χ3n) is 3.13. The summed E-state index contributed by atoms with van der Waals surface area (Å²) in [5.41, 5.74) is 1.80. The fourth-order valence-electron chi connectivity index (χ4n) is 2.06. The maximum absolute atomic E-state index is 13.8. The summed E-state index contributed by atoms with van der Waals surface area (Å²) < 4.78 is 14.7. The molecule has 0 bridgehead atoms. The van der Waals surface area contributed by atoms with Crippen molar-refractivity contribution in [1.29, 1.82) is 0 Å². The van der Waals surface area contributed by atoms with Crippen LogP contribution in [-0.2, 0) is 0 Å². The van der Waals surface area contributed by atoms with Crippen LogP contribution in [0.4, 0.5) is 4.39 Å². The van der Waals surface area contributed by atoms with Crippen LogP contribution in [0.15, 0.2) is 47.2 Å². The third-order valence-corrected chi connectivity index (χ3v) is 3.62. The summed E-state index contributed by atoms with van der Waals surface area (Å²) in [6, 6.07) is 8.99. The quantitative estimate of drug-likeness (QED) is 0.902. The summed E-state index contributed by atoms with van der Waals surface area (Å²) in [6.45, 7) is 4.02. The zero-order chi connectivity index (χ0) is 13.8. The minimum atomic E-state index is -0.190. The van der Waals surface area contributed by atoms with Crippen molar-refractivity contribution in [3.8, 4) is 0 Å². The van der Waals surface area contributed by atoms with Gasteiger partial charge >= 0.3 is 0 Å². The van der Waals surface area contributed by atoms with E-state index in [1.54, 1.807) is 18.5 Å². The molecule has 0 spiro atoms. The standard InChI is InChI=1S/C15H16BrFN2/c1-10(12-5-7-18-8-6-12)19-11(2)14-9-13(16)3-4-15(14)17/h3-11,19H,1-2H3/t10-,11-/m0/s1. The molecule has 2 rings (SSSR count). The van der Waals surface area contributed by atoms with E-state index in [4.69, 9.17) is 0 Å². The minimum absolute atomic E-state index is 0.0688. The van der Waals surface area contributed by atoms with Gasteiger partial charge in [0.25, 0.3) is 0 Å². The van der Waals surface area contributed by atoms with Gasteiger partial charge in [0.1, 0.15) is 5.82 Å². The molecule has 1 heterocycles. The van der Waals surface area contributed by atoms with E-state index in [1.165, 1.54) is 6.07 Å². The van der Waals surface area contributed by atoms with E-state index in [0.29, 0.717) is 5.56 Å². The number of hydrogen-bond donors (Lipinski definition) is 1. The second-order valence-corrected chi connectivity index (χ2v) is 5.47. The summed E-state index contributed by atoms with van der Waals surface area (Å²) in [5.74, 6) is -0.190. The number of rotatable bonds is 4. The Hall–Kier alpha value is -1.26. The van der Waals surface area contributed by atoms with Crippen molar-refractivity contribution in [1.82, 2.24) is 10.3 Å². The summed E-state index contributed by atoms with van der Waals surface area (Å²) in [7, 11) is 0. The van der Waals surface area contributed by atoms with E-state index >= 15 is 0 Å². The fraction of sp³-hybridized carbons (Fsp3) is 0.267. The average Bonchev–Trinajstić information content (AvgIpc) is 2.42. The van der Waals surface area contributed by atoms with Crippen LogP contribution in [0.5, 0.6) is 0 Å². The molecule has 1 N–H and O–H groups in total. The molecule has 0 amide bonds. The van der Waals surface area contributed by atoms with E-state index in [1.807, 2.05) is 25.1 Å². The largest absolute Gasteiger partial charge is 0.304 e. The molecule has 2 aromatic rings. The van der Waals surface area contributed by atoms with Crippen LogP contribution in [0.3, 0.4) is 0 Å². The lowest BCUT2D eigenvalue weighted by atomic mass is 10.0. The lowest BCUT2D eigenvalue weighted by Crippen LogP contribution is -2.23. The summed E-state index contributed by atoms with van der Waals surface area (Å²) >= 11 is 3.37. The van der Waals surface area contributed by atoms with Gasteiger partial charge < -0.3 is 5.32 Å².